The van der Waals surface area contributed by atoms with E-state index in [1.165, 1.54) is 4.88 Å². The molecule has 146 valence electrons. The Labute approximate surface area is 164 Å². The van der Waals surface area contributed by atoms with E-state index < -0.39 is 0 Å². The molecule has 0 radical (unpaired) electrons. The molecule has 27 heavy (non-hydrogen) atoms. The number of hydrogen-bond donors (Lipinski definition) is 0. The summed E-state index contributed by atoms with van der Waals surface area (Å²) in [7, 11) is 0. The molecule has 1 aliphatic rings. The van der Waals surface area contributed by atoms with Crippen molar-refractivity contribution in [1.29, 1.82) is 0 Å². The average molecular weight is 390 g/mol. The summed E-state index contributed by atoms with van der Waals surface area (Å²) in [5, 5.41) is 2.06. The number of amides is 1. The SMILES string of the molecule is CCOc1cc(C(=O)N2CCCC2c2cccs2)cc(OCC)c1OCC. The molecule has 1 fully saturated rings. The molecule has 2 heterocycles. The molecule has 0 bridgehead atoms. The number of thiophene rings is 1. The van der Waals surface area contributed by atoms with Crippen LogP contribution >= 0.6 is 11.3 Å². The lowest BCUT2D eigenvalue weighted by molar-refractivity contribution is 0.0736. The van der Waals surface area contributed by atoms with Crippen molar-refractivity contribution in [2.75, 3.05) is 26.4 Å². The Balaban J connectivity index is 1.95. The average Bonchev–Trinajstić information content (AvgIpc) is 3.35. The van der Waals surface area contributed by atoms with Crippen LogP contribution in [0.5, 0.6) is 17.2 Å². The van der Waals surface area contributed by atoms with Gasteiger partial charge in [-0.15, -0.1) is 11.3 Å². The van der Waals surface area contributed by atoms with Gasteiger partial charge in [-0.3, -0.25) is 4.79 Å². The van der Waals surface area contributed by atoms with Crippen LogP contribution in [0, 0.1) is 0 Å². The van der Waals surface area contributed by atoms with Gasteiger partial charge in [0.2, 0.25) is 5.75 Å². The highest BCUT2D eigenvalue weighted by Gasteiger charge is 2.32. The minimum absolute atomic E-state index is 0.0101. The van der Waals surface area contributed by atoms with Gasteiger partial charge < -0.3 is 19.1 Å². The van der Waals surface area contributed by atoms with Crippen LogP contribution in [0.4, 0.5) is 0 Å². The first kappa shape index (κ1) is 19.5. The summed E-state index contributed by atoms with van der Waals surface area (Å²) in [5.74, 6) is 1.69. The third-order valence-corrected chi connectivity index (χ3v) is 5.51. The molecule has 1 saturated heterocycles. The second-order valence-electron chi connectivity index (χ2n) is 6.27. The fourth-order valence-electron chi connectivity index (χ4n) is 3.46. The molecule has 1 aromatic heterocycles. The Kier molecular flexibility index (Phi) is 6.61. The Hall–Kier alpha value is -2.21. The molecule has 2 aromatic rings. The number of likely N-dealkylation sites (tertiary alicyclic amines) is 1. The van der Waals surface area contributed by atoms with Gasteiger partial charge in [0.1, 0.15) is 0 Å². The highest BCUT2D eigenvalue weighted by molar-refractivity contribution is 7.10. The molecule has 3 rings (SSSR count). The van der Waals surface area contributed by atoms with Crippen molar-refractivity contribution < 1.29 is 19.0 Å². The summed E-state index contributed by atoms with van der Waals surface area (Å²) in [6, 6.07) is 7.86. The fraction of sp³-hybridized carbons (Fsp3) is 0.476. The van der Waals surface area contributed by atoms with Crippen LogP contribution in [0.1, 0.15) is 54.9 Å². The third kappa shape index (κ3) is 4.21. The van der Waals surface area contributed by atoms with E-state index in [0.29, 0.717) is 42.6 Å². The molecule has 1 amide bonds. The highest BCUT2D eigenvalue weighted by atomic mass is 32.1. The lowest BCUT2D eigenvalue weighted by Crippen LogP contribution is -2.30. The summed E-state index contributed by atoms with van der Waals surface area (Å²) in [6.07, 6.45) is 2.02. The maximum Gasteiger partial charge on any atom is 0.254 e. The standard InChI is InChI=1S/C21H27NO4S/c1-4-24-17-13-15(14-18(25-5-2)20(17)26-6-3)21(23)22-11-7-9-16(22)19-10-8-12-27-19/h8,10,12-14,16H,4-7,9,11H2,1-3H3. The Morgan fingerprint density at radius 1 is 1.11 bits per heavy atom. The molecule has 0 saturated carbocycles. The minimum Gasteiger partial charge on any atom is -0.490 e. The maximum absolute atomic E-state index is 13.3. The van der Waals surface area contributed by atoms with Crippen molar-refractivity contribution in [2.45, 2.75) is 39.7 Å². The number of benzene rings is 1. The zero-order chi connectivity index (χ0) is 19.2. The van der Waals surface area contributed by atoms with E-state index in [9.17, 15) is 4.79 Å². The number of nitrogens with zero attached hydrogens (tertiary/aromatic N) is 1. The van der Waals surface area contributed by atoms with E-state index in [2.05, 4.69) is 11.4 Å². The molecule has 0 aliphatic carbocycles. The predicted molar refractivity (Wildman–Crippen MR) is 107 cm³/mol. The molecular weight excluding hydrogens is 362 g/mol. The second-order valence-corrected chi connectivity index (χ2v) is 7.25. The predicted octanol–water partition coefficient (Wildman–Crippen LogP) is 4.92. The first-order chi connectivity index (χ1) is 13.2. The molecule has 1 aromatic carbocycles. The Morgan fingerprint density at radius 3 is 2.33 bits per heavy atom. The van der Waals surface area contributed by atoms with Gasteiger partial charge >= 0.3 is 0 Å². The molecule has 6 heteroatoms. The van der Waals surface area contributed by atoms with Crippen molar-refractivity contribution in [3.05, 3.63) is 40.1 Å². The van der Waals surface area contributed by atoms with Crippen LogP contribution in [0.25, 0.3) is 0 Å². The Morgan fingerprint density at radius 2 is 1.78 bits per heavy atom. The number of ether oxygens (including phenoxy) is 3. The molecular formula is C21H27NO4S. The topological polar surface area (TPSA) is 48.0 Å². The normalized spacial score (nSPS) is 16.4. The fourth-order valence-corrected chi connectivity index (χ4v) is 4.34. The van der Waals surface area contributed by atoms with Gasteiger partial charge in [0.15, 0.2) is 11.5 Å². The van der Waals surface area contributed by atoms with Gasteiger partial charge in [-0.2, -0.15) is 0 Å². The van der Waals surface area contributed by atoms with Crippen LogP contribution in [0.3, 0.4) is 0 Å². The molecule has 5 nitrogen and oxygen atoms in total. The molecule has 1 unspecified atom stereocenters. The van der Waals surface area contributed by atoms with Crippen LogP contribution in [-0.2, 0) is 0 Å². The quantitative estimate of drug-likeness (QED) is 0.643. The van der Waals surface area contributed by atoms with Crippen molar-refractivity contribution in [2.24, 2.45) is 0 Å². The summed E-state index contributed by atoms with van der Waals surface area (Å²) in [5.41, 5.74) is 0.578. The van der Waals surface area contributed by atoms with Gasteiger partial charge in [0.25, 0.3) is 5.91 Å². The number of rotatable bonds is 8. The van der Waals surface area contributed by atoms with Crippen molar-refractivity contribution in [3.8, 4) is 17.2 Å². The van der Waals surface area contributed by atoms with Gasteiger partial charge in [0, 0.05) is 17.0 Å². The van der Waals surface area contributed by atoms with Crippen molar-refractivity contribution in [1.82, 2.24) is 4.90 Å². The van der Waals surface area contributed by atoms with Crippen molar-refractivity contribution in [3.63, 3.8) is 0 Å². The van der Waals surface area contributed by atoms with E-state index in [-0.39, 0.29) is 11.9 Å². The van der Waals surface area contributed by atoms with Gasteiger partial charge in [-0.1, -0.05) is 6.07 Å². The van der Waals surface area contributed by atoms with Crippen LogP contribution < -0.4 is 14.2 Å². The number of carbonyl (C=O) groups is 1. The summed E-state index contributed by atoms with van der Waals surface area (Å²) in [4.78, 5) is 16.5. The van der Waals surface area contributed by atoms with Crippen LogP contribution in [0.2, 0.25) is 0 Å². The number of hydrogen-bond acceptors (Lipinski definition) is 5. The lowest BCUT2D eigenvalue weighted by Gasteiger charge is -2.25. The highest BCUT2D eigenvalue weighted by Crippen LogP contribution is 2.41. The van der Waals surface area contributed by atoms with E-state index in [1.54, 1.807) is 23.5 Å². The zero-order valence-corrected chi connectivity index (χ0v) is 17.0. The van der Waals surface area contributed by atoms with Crippen molar-refractivity contribution >= 4 is 17.2 Å². The Bertz CT molecular complexity index is 733. The minimum atomic E-state index is 0.0101. The first-order valence-corrected chi connectivity index (χ1v) is 10.5. The smallest absolute Gasteiger partial charge is 0.254 e. The van der Waals surface area contributed by atoms with Gasteiger partial charge in [-0.25, -0.2) is 0 Å². The van der Waals surface area contributed by atoms with E-state index in [0.717, 1.165) is 19.4 Å². The maximum atomic E-state index is 13.3. The zero-order valence-electron chi connectivity index (χ0n) is 16.2. The van der Waals surface area contributed by atoms with Gasteiger partial charge in [-0.05, 0) is 57.2 Å². The first-order valence-electron chi connectivity index (χ1n) is 9.60. The molecule has 0 N–H and O–H groups in total. The van der Waals surface area contributed by atoms with E-state index in [1.807, 2.05) is 31.7 Å². The lowest BCUT2D eigenvalue weighted by atomic mass is 10.1. The third-order valence-electron chi connectivity index (χ3n) is 4.54. The summed E-state index contributed by atoms with van der Waals surface area (Å²) in [6.45, 7) is 7.99. The second kappa shape index (κ2) is 9.13. The molecule has 0 spiro atoms. The van der Waals surface area contributed by atoms with E-state index in [4.69, 9.17) is 14.2 Å². The van der Waals surface area contributed by atoms with Gasteiger partial charge in [0.05, 0.1) is 25.9 Å². The summed E-state index contributed by atoms with van der Waals surface area (Å²) >= 11 is 1.70. The van der Waals surface area contributed by atoms with Crippen LogP contribution in [-0.4, -0.2) is 37.2 Å². The monoisotopic (exact) mass is 389 g/mol. The molecule has 1 aliphatic heterocycles. The summed E-state index contributed by atoms with van der Waals surface area (Å²) < 4.78 is 17.3. The largest absolute Gasteiger partial charge is 0.490 e. The molecule has 1 atom stereocenters. The number of carbonyl (C=O) groups excluding carboxylic acids is 1. The van der Waals surface area contributed by atoms with E-state index >= 15 is 0 Å². The van der Waals surface area contributed by atoms with Crippen LogP contribution in [0.15, 0.2) is 29.6 Å².